The van der Waals surface area contributed by atoms with Gasteiger partial charge in [-0.25, -0.2) is 4.39 Å². The van der Waals surface area contributed by atoms with Gasteiger partial charge >= 0.3 is 0 Å². The molecule has 3 aromatic carbocycles. The number of nitrogens with one attached hydrogen (secondary N) is 1. The minimum atomic E-state index is -1.36. The molecule has 172 valence electrons. The van der Waals surface area contributed by atoms with Crippen LogP contribution in [0.25, 0.3) is 0 Å². The van der Waals surface area contributed by atoms with Crippen LogP contribution in [0.2, 0.25) is 0 Å². The summed E-state index contributed by atoms with van der Waals surface area (Å²) in [6.07, 6.45) is 0. The molecule has 2 aliphatic rings. The molecule has 1 unspecified atom stereocenters. The van der Waals surface area contributed by atoms with Crippen LogP contribution in [0.5, 0.6) is 5.75 Å². The molecule has 1 spiro atoms. The Bertz CT molecular complexity index is 1280. The molecule has 0 radical (unpaired) electrons. The Hall–Kier alpha value is -3.85. The van der Waals surface area contributed by atoms with Crippen LogP contribution in [0.15, 0.2) is 72.8 Å². The number of benzene rings is 3. The Morgan fingerprint density at radius 2 is 1.76 bits per heavy atom. The van der Waals surface area contributed by atoms with E-state index < -0.39 is 16.6 Å². The molecule has 3 aromatic rings. The molecule has 34 heavy (non-hydrogen) atoms. The maximum atomic E-state index is 13.9. The van der Waals surface area contributed by atoms with Gasteiger partial charge in [-0.05, 0) is 54.6 Å². The van der Waals surface area contributed by atoms with E-state index in [2.05, 4.69) is 5.32 Å². The summed E-state index contributed by atoms with van der Waals surface area (Å²) in [6.45, 7) is -0.227. The molecular formula is C25H20FN3O4S. The number of hydrogen-bond acceptors (Lipinski definition) is 5. The highest BCUT2D eigenvalue weighted by atomic mass is 32.2. The van der Waals surface area contributed by atoms with Crippen LogP contribution in [-0.2, 0) is 19.3 Å². The summed E-state index contributed by atoms with van der Waals surface area (Å²) in [7, 11) is 1.56. The van der Waals surface area contributed by atoms with E-state index in [1.165, 1.54) is 45.8 Å². The molecule has 5 rings (SSSR count). The van der Waals surface area contributed by atoms with E-state index in [0.717, 1.165) is 0 Å². The standard InChI is InChI=1S/C25H20FN3O4S/c1-33-19-12-8-17(9-13-19)27-22(30)14-28-21-5-3-2-4-20(21)25(24(28)32)29(23(31)15-34-25)18-10-6-16(26)7-11-18/h2-13H,14-15H2,1H3,(H,27,30). The lowest BCUT2D eigenvalue weighted by atomic mass is 10.0. The summed E-state index contributed by atoms with van der Waals surface area (Å²) < 4.78 is 18.7. The van der Waals surface area contributed by atoms with E-state index >= 15 is 0 Å². The average Bonchev–Trinajstić information content (AvgIpc) is 3.31. The van der Waals surface area contributed by atoms with Crippen LogP contribution in [0, 0.1) is 5.82 Å². The molecule has 0 aromatic heterocycles. The molecule has 1 atom stereocenters. The number of methoxy groups -OCH3 is 1. The van der Waals surface area contributed by atoms with Crippen LogP contribution in [0.4, 0.5) is 21.5 Å². The predicted molar refractivity (Wildman–Crippen MR) is 128 cm³/mol. The number of rotatable bonds is 5. The van der Waals surface area contributed by atoms with Gasteiger partial charge in [0.05, 0.1) is 18.6 Å². The molecule has 0 bridgehead atoms. The second-order valence-electron chi connectivity index (χ2n) is 7.82. The molecule has 9 heteroatoms. The van der Waals surface area contributed by atoms with Gasteiger partial charge in [-0.3, -0.25) is 24.2 Å². The summed E-state index contributed by atoms with van der Waals surface area (Å²) in [5.41, 5.74) is 2.17. The molecule has 7 nitrogen and oxygen atoms in total. The fourth-order valence-electron chi connectivity index (χ4n) is 4.32. The number of amides is 3. The van der Waals surface area contributed by atoms with Crippen molar-refractivity contribution in [3.63, 3.8) is 0 Å². The first kappa shape index (κ1) is 22.0. The van der Waals surface area contributed by atoms with Crippen LogP contribution >= 0.6 is 11.8 Å². The highest BCUT2D eigenvalue weighted by molar-refractivity contribution is 8.02. The minimum absolute atomic E-state index is 0.0866. The van der Waals surface area contributed by atoms with Crippen molar-refractivity contribution in [3.05, 3.63) is 84.2 Å². The largest absolute Gasteiger partial charge is 0.497 e. The molecule has 0 aliphatic carbocycles. The number of hydrogen-bond donors (Lipinski definition) is 1. The molecule has 1 fully saturated rings. The van der Waals surface area contributed by atoms with Gasteiger partial charge < -0.3 is 10.1 Å². The van der Waals surface area contributed by atoms with Gasteiger partial charge in [0.1, 0.15) is 18.1 Å². The van der Waals surface area contributed by atoms with Gasteiger partial charge in [-0.2, -0.15) is 0 Å². The van der Waals surface area contributed by atoms with Crippen molar-refractivity contribution >= 4 is 46.5 Å². The van der Waals surface area contributed by atoms with Gasteiger partial charge in [-0.15, -0.1) is 11.8 Å². The number of carbonyl (C=O) groups excluding carboxylic acids is 3. The van der Waals surface area contributed by atoms with Gasteiger partial charge in [0.2, 0.25) is 16.7 Å². The summed E-state index contributed by atoms with van der Waals surface area (Å²) in [5.74, 6) is -0.723. The summed E-state index contributed by atoms with van der Waals surface area (Å²) in [5, 5.41) is 2.79. The van der Waals surface area contributed by atoms with Crippen molar-refractivity contribution in [1.29, 1.82) is 0 Å². The first-order valence-electron chi connectivity index (χ1n) is 10.5. The van der Waals surface area contributed by atoms with Gasteiger partial charge in [0.15, 0.2) is 0 Å². The highest BCUT2D eigenvalue weighted by Crippen LogP contribution is 2.55. The smallest absolute Gasteiger partial charge is 0.269 e. The Labute approximate surface area is 199 Å². The highest BCUT2D eigenvalue weighted by Gasteiger charge is 2.61. The Kier molecular flexibility index (Phi) is 5.49. The van der Waals surface area contributed by atoms with Crippen LogP contribution < -0.4 is 19.9 Å². The topological polar surface area (TPSA) is 79.0 Å². The van der Waals surface area contributed by atoms with Crippen molar-refractivity contribution in [2.45, 2.75) is 4.87 Å². The van der Waals surface area contributed by atoms with E-state index in [1.807, 2.05) is 0 Å². The molecular weight excluding hydrogens is 457 g/mol. The maximum Gasteiger partial charge on any atom is 0.269 e. The lowest BCUT2D eigenvalue weighted by Gasteiger charge is -2.33. The zero-order chi connectivity index (χ0) is 23.9. The van der Waals surface area contributed by atoms with Crippen molar-refractivity contribution in [2.75, 3.05) is 34.5 Å². The van der Waals surface area contributed by atoms with Crippen molar-refractivity contribution < 1.29 is 23.5 Å². The first-order valence-corrected chi connectivity index (χ1v) is 11.5. The summed E-state index contributed by atoms with van der Waals surface area (Å²) >= 11 is 1.20. The monoisotopic (exact) mass is 477 g/mol. The normalized spacial score (nSPS) is 19.0. The lowest BCUT2D eigenvalue weighted by molar-refractivity contribution is -0.124. The molecule has 2 heterocycles. The lowest BCUT2D eigenvalue weighted by Crippen LogP contribution is -2.50. The van der Waals surface area contributed by atoms with E-state index in [4.69, 9.17) is 4.74 Å². The molecule has 1 N–H and O–H groups in total. The molecule has 3 amide bonds. The van der Waals surface area contributed by atoms with Gasteiger partial charge in [0, 0.05) is 16.9 Å². The van der Waals surface area contributed by atoms with Crippen LogP contribution in [0.1, 0.15) is 5.56 Å². The Morgan fingerprint density at radius 3 is 2.47 bits per heavy atom. The summed E-state index contributed by atoms with van der Waals surface area (Å²) in [6, 6.07) is 19.5. The number of para-hydroxylation sites is 1. The van der Waals surface area contributed by atoms with Gasteiger partial charge in [-0.1, -0.05) is 18.2 Å². The van der Waals surface area contributed by atoms with Crippen molar-refractivity contribution in [3.8, 4) is 5.75 Å². The van der Waals surface area contributed by atoms with Crippen LogP contribution in [-0.4, -0.2) is 37.1 Å². The van der Waals surface area contributed by atoms with E-state index in [-0.39, 0.29) is 24.1 Å². The Morgan fingerprint density at radius 1 is 1.06 bits per heavy atom. The number of carbonyl (C=O) groups is 3. The predicted octanol–water partition coefficient (Wildman–Crippen LogP) is 3.75. The second-order valence-corrected chi connectivity index (χ2v) is 8.99. The van der Waals surface area contributed by atoms with Crippen molar-refractivity contribution in [2.24, 2.45) is 0 Å². The number of nitrogens with zero attached hydrogens (tertiary/aromatic N) is 2. The number of fused-ring (bicyclic) bond motifs is 2. The second kappa shape index (κ2) is 8.49. The third-order valence-electron chi connectivity index (χ3n) is 5.82. The van der Waals surface area contributed by atoms with Crippen LogP contribution in [0.3, 0.4) is 0 Å². The minimum Gasteiger partial charge on any atom is -0.497 e. The van der Waals surface area contributed by atoms with Crippen molar-refractivity contribution in [1.82, 2.24) is 0 Å². The van der Waals surface area contributed by atoms with E-state index in [0.29, 0.717) is 28.4 Å². The molecule has 2 aliphatic heterocycles. The number of anilines is 3. The zero-order valence-electron chi connectivity index (χ0n) is 18.2. The zero-order valence-corrected chi connectivity index (χ0v) is 19.0. The fourth-order valence-corrected chi connectivity index (χ4v) is 5.68. The molecule has 1 saturated heterocycles. The van der Waals surface area contributed by atoms with Gasteiger partial charge in [0.25, 0.3) is 5.91 Å². The summed E-state index contributed by atoms with van der Waals surface area (Å²) in [4.78, 5) is 41.2. The SMILES string of the molecule is COc1ccc(NC(=O)CN2C(=O)C3(SCC(=O)N3c3ccc(F)cc3)c3ccccc32)cc1. The third-order valence-corrected chi connectivity index (χ3v) is 7.21. The molecule has 0 saturated carbocycles. The average molecular weight is 478 g/mol. The fraction of sp³-hybridized carbons (Fsp3) is 0.160. The number of ether oxygens (including phenoxy) is 1. The quantitative estimate of drug-likeness (QED) is 0.606. The van der Waals surface area contributed by atoms with E-state index in [9.17, 15) is 18.8 Å². The first-order chi connectivity index (χ1) is 16.4. The maximum absolute atomic E-state index is 13.9. The Balaban J connectivity index is 1.48. The van der Waals surface area contributed by atoms with E-state index in [1.54, 1.807) is 55.6 Å². The number of halogens is 1. The third kappa shape index (κ3) is 3.49. The number of thioether (sulfide) groups is 1.